The highest BCUT2D eigenvalue weighted by molar-refractivity contribution is 5.94. The lowest BCUT2D eigenvalue weighted by Crippen LogP contribution is -2.40. The van der Waals surface area contributed by atoms with Gasteiger partial charge in [0.15, 0.2) is 5.82 Å². The number of benzene rings is 1. The first kappa shape index (κ1) is 22.2. The highest BCUT2D eigenvalue weighted by Gasteiger charge is 2.33. The maximum atomic E-state index is 13.4. The molecule has 1 aromatic carbocycles. The molecule has 1 fully saturated rings. The van der Waals surface area contributed by atoms with Crippen LogP contribution in [-0.2, 0) is 29.1 Å². The van der Waals surface area contributed by atoms with Crippen LogP contribution in [0.3, 0.4) is 0 Å². The smallest absolute Gasteiger partial charge is 0.254 e. The molecule has 1 atom stereocenters. The summed E-state index contributed by atoms with van der Waals surface area (Å²) in [5.41, 5.74) is 3.65. The topological polar surface area (TPSA) is 87.7 Å². The number of aromatic nitrogens is 2. The predicted octanol–water partition coefficient (Wildman–Crippen LogP) is 2.94. The third kappa shape index (κ3) is 4.46. The molecule has 2 aromatic rings. The summed E-state index contributed by atoms with van der Waals surface area (Å²) in [7, 11) is 3.50. The lowest BCUT2D eigenvalue weighted by Gasteiger charge is -2.36. The SMILES string of the molecule is CNc1nc(C2CCCCN2C(=O)c2ccc(COC)cc2)nc2c1CN(C(C)=O)CC2. The van der Waals surface area contributed by atoms with Gasteiger partial charge in [-0.15, -0.1) is 0 Å². The first-order chi connectivity index (χ1) is 15.5. The predicted molar refractivity (Wildman–Crippen MR) is 121 cm³/mol. The number of likely N-dealkylation sites (tertiary alicyclic amines) is 1. The van der Waals surface area contributed by atoms with Crippen molar-refractivity contribution in [3.05, 3.63) is 52.5 Å². The molecule has 1 saturated heterocycles. The fourth-order valence-electron chi connectivity index (χ4n) is 4.58. The summed E-state index contributed by atoms with van der Waals surface area (Å²) in [6, 6.07) is 7.45. The molecule has 2 aliphatic rings. The van der Waals surface area contributed by atoms with Gasteiger partial charge in [0.1, 0.15) is 5.82 Å². The molecule has 170 valence electrons. The van der Waals surface area contributed by atoms with Gasteiger partial charge in [-0.3, -0.25) is 9.59 Å². The first-order valence-electron chi connectivity index (χ1n) is 11.2. The quantitative estimate of drug-likeness (QED) is 0.774. The van der Waals surface area contributed by atoms with Crippen LogP contribution in [0.5, 0.6) is 0 Å². The van der Waals surface area contributed by atoms with E-state index in [2.05, 4.69) is 5.32 Å². The van der Waals surface area contributed by atoms with Crippen LogP contribution >= 0.6 is 0 Å². The van der Waals surface area contributed by atoms with E-state index in [1.165, 1.54) is 0 Å². The molecule has 2 amide bonds. The van der Waals surface area contributed by atoms with Gasteiger partial charge in [0.25, 0.3) is 5.91 Å². The van der Waals surface area contributed by atoms with Crippen molar-refractivity contribution >= 4 is 17.6 Å². The number of rotatable bonds is 5. The summed E-state index contributed by atoms with van der Waals surface area (Å²) in [4.78, 5) is 38.7. The molecule has 1 N–H and O–H groups in total. The molecular formula is C24H31N5O3. The largest absolute Gasteiger partial charge is 0.380 e. The number of piperidine rings is 1. The van der Waals surface area contributed by atoms with E-state index in [4.69, 9.17) is 14.7 Å². The minimum Gasteiger partial charge on any atom is -0.380 e. The zero-order chi connectivity index (χ0) is 22.7. The van der Waals surface area contributed by atoms with E-state index in [9.17, 15) is 9.59 Å². The summed E-state index contributed by atoms with van der Waals surface area (Å²) in [6.45, 7) is 3.98. The van der Waals surface area contributed by atoms with Gasteiger partial charge >= 0.3 is 0 Å². The molecule has 0 spiro atoms. The number of ether oxygens (including phenoxy) is 1. The number of amides is 2. The zero-order valence-corrected chi connectivity index (χ0v) is 19.1. The Bertz CT molecular complexity index is 975. The minimum absolute atomic E-state index is 0.00810. The average molecular weight is 438 g/mol. The van der Waals surface area contributed by atoms with Gasteiger partial charge in [0.2, 0.25) is 5.91 Å². The standard InChI is InChI=1S/C24H31N5O3/c1-16(30)28-13-11-20-19(14-28)22(25-2)27-23(26-20)21-6-4-5-12-29(21)24(31)18-9-7-17(8-10-18)15-32-3/h7-10,21H,4-6,11-15H2,1-3H3,(H,25,26,27). The summed E-state index contributed by atoms with van der Waals surface area (Å²) < 4.78 is 5.17. The van der Waals surface area contributed by atoms with Crippen molar-refractivity contribution in [3.8, 4) is 0 Å². The summed E-state index contributed by atoms with van der Waals surface area (Å²) >= 11 is 0. The second kappa shape index (κ2) is 9.65. The van der Waals surface area contributed by atoms with Crippen molar-refractivity contribution in [3.63, 3.8) is 0 Å². The number of nitrogens with zero attached hydrogens (tertiary/aromatic N) is 4. The minimum atomic E-state index is -0.155. The fraction of sp³-hybridized carbons (Fsp3) is 0.500. The summed E-state index contributed by atoms with van der Waals surface area (Å²) in [5, 5.41) is 3.18. The van der Waals surface area contributed by atoms with Gasteiger partial charge in [0, 0.05) is 51.7 Å². The second-order valence-electron chi connectivity index (χ2n) is 8.44. The lowest BCUT2D eigenvalue weighted by molar-refractivity contribution is -0.129. The van der Waals surface area contributed by atoms with Crippen molar-refractivity contribution in [2.75, 3.05) is 32.6 Å². The average Bonchev–Trinajstić information content (AvgIpc) is 2.83. The van der Waals surface area contributed by atoms with Crippen molar-refractivity contribution in [1.29, 1.82) is 0 Å². The van der Waals surface area contributed by atoms with Gasteiger partial charge in [-0.1, -0.05) is 12.1 Å². The number of methoxy groups -OCH3 is 1. The number of hydrogen-bond donors (Lipinski definition) is 1. The molecule has 1 unspecified atom stereocenters. The first-order valence-corrected chi connectivity index (χ1v) is 11.2. The van der Waals surface area contributed by atoms with Crippen LogP contribution in [-0.4, -0.2) is 58.8 Å². The Kier molecular flexibility index (Phi) is 6.69. The van der Waals surface area contributed by atoms with Crippen LogP contribution in [0.1, 0.15) is 65.2 Å². The van der Waals surface area contributed by atoms with E-state index in [-0.39, 0.29) is 17.9 Å². The number of carbonyl (C=O) groups is 2. The molecule has 0 saturated carbocycles. The molecule has 8 nitrogen and oxygen atoms in total. The number of anilines is 1. The van der Waals surface area contributed by atoms with Crippen molar-refractivity contribution < 1.29 is 14.3 Å². The monoisotopic (exact) mass is 437 g/mol. The van der Waals surface area contributed by atoms with Crippen LogP contribution < -0.4 is 5.32 Å². The van der Waals surface area contributed by atoms with E-state index < -0.39 is 0 Å². The number of nitrogens with one attached hydrogen (secondary N) is 1. The van der Waals surface area contributed by atoms with Crippen LogP contribution in [0.4, 0.5) is 5.82 Å². The van der Waals surface area contributed by atoms with E-state index in [1.54, 1.807) is 14.0 Å². The van der Waals surface area contributed by atoms with Gasteiger partial charge < -0.3 is 19.9 Å². The molecule has 0 bridgehead atoms. The maximum Gasteiger partial charge on any atom is 0.254 e. The van der Waals surface area contributed by atoms with Crippen molar-refractivity contribution in [2.24, 2.45) is 0 Å². The molecule has 1 aromatic heterocycles. The Morgan fingerprint density at radius 1 is 1.16 bits per heavy atom. The van der Waals surface area contributed by atoms with E-state index in [0.29, 0.717) is 44.0 Å². The Labute approximate surface area is 189 Å². The normalized spacial score (nSPS) is 18.3. The Morgan fingerprint density at radius 2 is 1.94 bits per heavy atom. The molecular weight excluding hydrogens is 406 g/mol. The lowest BCUT2D eigenvalue weighted by atomic mass is 9.98. The van der Waals surface area contributed by atoms with Crippen LogP contribution in [0.25, 0.3) is 0 Å². The van der Waals surface area contributed by atoms with Gasteiger partial charge in [0.05, 0.1) is 24.9 Å². The molecule has 8 heteroatoms. The van der Waals surface area contributed by atoms with E-state index in [0.717, 1.165) is 41.9 Å². The van der Waals surface area contributed by atoms with Gasteiger partial charge in [-0.05, 0) is 37.0 Å². The highest BCUT2D eigenvalue weighted by atomic mass is 16.5. The molecule has 32 heavy (non-hydrogen) atoms. The fourth-order valence-corrected chi connectivity index (χ4v) is 4.58. The zero-order valence-electron chi connectivity index (χ0n) is 19.1. The Balaban J connectivity index is 1.62. The van der Waals surface area contributed by atoms with Crippen LogP contribution in [0, 0.1) is 0 Å². The molecule has 0 radical (unpaired) electrons. The molecule has 2 aliphatic heterocycles. The van der Waals surface area contributed by atoms with Gasteiger partial charge in [-0.25, -0.2) is 9.97 Å². The molecule has 4 rings (SSSR count). The highest BCUT2D eigenvalue weighted by Crippen LogP contribution is 2.33. The number of carbonyl (C=O) groups excluding carboxylic acids is 2. The van der Waals surface area contributed by atoms with Gasteiger partial charge in [-0.2, -0.15) is 0 Å². The molecule has 0 aliphatic carbocycles. The van der Waals surface area contributed by atoms with Crippen molar-refractivity contribution in [2.45, 2.75) is 51.8 Å². The number of fused-ring (bicyclic) bond motifs is 1. The third-order valence-electron chi connectivity index (χ3n) is 6.33. The van der Waals surface area contributed by atoms with E-state index in [1.807, 2.05) is 41.1 Å². The summed E-state index contributed by atoms with van der Waals surface area (Å²) in [6.07, 6.45) is 3.55. The Hall–Kier alpha value is -3.00. The summed E-state index contributed by atoms with van der Waals surface area (Å²) in [5.74, 6) is 1.50. The number of hydrogen-bond acceptors (Lipinski definition) is 6. The second-order valence-corrected chi connectivity index (χ2v) is 8.44. The van der Waals surface area contributed by atoms with Crippen LogP contribution in [0.2, 0.25) is 0 Å². The third-order valence-corrected chi connectivity index (χ3v) is 6.33. The van der Waals surface area contributed by atoms with Crippen molar-refractivity contribution in [1.82, 2.24) is 19.8 Å². The van der Waals surface area contributed by atoms with Crippen LogP contribution in [0.15, 0.2) is 24.3 Å². The van der Waals surface area contributed by atoms with E-state index >= 15 is 0 Å². The molecule has 3 heterocycles. The maximum absolute atomic E-state index is 13.4. The Morgan fingerprint density at radius 3 is 2.62 bits per heavy atom.